The Morgan fingerprint density at radius 1 is 1.25 bits per heavy atom. The third kappa shape index (κ3) is 4.04. The molecule has 1 aromatic rings. The van der Waals surface area contributed by atoms with Crippen LogP contribution >= 0.6 is 0 Å². The van der Waals surface area contributed by atoms with Gasteiger partial charge in [-0.1, -0.05) is 6.07 Å². The Bertz CT molecular complexity index is 614. The molecule has 1 fully saturated rings. The third-order valence-corrected chi connectivity index (χ3v) is 3.67. The molecule has 8 nitrogen and oxygen atoms in total. The highest BCUT2D eigenvalue weighted by atomic mass is 16.7. The smallest absolute Gasteiger partial charge is 0.331 e. The minimum absolute atomic E-state index is 0.0362. The maximum Gasteiger partial charge on any atom is 0.331 e. The molecule has 8 heteroatoms. The highest BCUT2D eigenvalue weighted by Crippen LogP contribution is 2.27. The number of carbonyl (C=O) groups excluding carboxylic acids is 1. The van der Waals surface area contributed by atoms with E-state index in [9.17, 15) is 25.2 Å². The van der Waals surface area contributed by atoms with Crippen LogP contribution in [0.5, 0.6) is 11.5 Å². The quantitative estimate of drug-likeness (QED) is 0.438. The SMILES string of the molecule is COc1cc(C=CC(=O)O[C@@H]2[C@H](O)[C@@H](O)[C@H](C)O[C@H]2O)ccc1O. The van der Waals surface area contributed by atoms with E-state index >= 15 is 0 Å². The maximum atomic E-state index is 11.8. The van der Waals surface area contributed by atoms with Crippen LogP contribution in [0.2, 0.25) is 0 Å². The van der Waals surface area contributed by atoms with Gasteiger partial charge in [-0.3, -0.25) is 0 Å². The van der Waals surface area contributed by atoms with Crippen molar-refractivity contribution in [1.29, 1.82) is 0 Å². The molecule has 0 unspecified atom stereocenters. The maximum absolute atomic E-state index is 11.8. The first-order valence-electron chi connectivity index (χ1n) is 7.29. The Morgan fingerprint density at radius 2 is 1.96 bits per heavy atom. The molecule has 1 aliphatic rings. The first-order chi connectivity index (χ1) is 11.3. The van der Waals surface area contributed by atoms with Crippen molar-refractivity contribution in [3.05, 3.63) is 29.8 Å². The van der Waals surface area contributed by atoms with Crippen LogP contribution in [0.3, 0.4) is 0 Å². The van der Waals surface area contributed by atoms with Crippen molar-refractivity contribution in [1.82, 2.24) is 0 Å². The number of aliphatic hydroxyl groups is 3. The molecule has 1 aromatic carbocycles. The Morgan fingerprint density at radius 3 is 2.62 bits per heavy atom. The number of benzene rings is 1. The number of phenols is 1. The second-order valence-electron chi connectivity index (χ2n) is 5.38. The van der Waals surface area contributed by atoms with Gasteiger partial charge in [0.25, 0.3) is 0 Å². The summed E-state index contributed by atoms with van der Waals surface area (Å²) in [6.45, 7) is 1.48. The van der Waals surface area contributed by atoms with Gasteiger partial charge in [0.1, 0.15) is 12.2 Å². The van der Waals surface area contributed by atoms with Gasteiger partial charge in [-0.15, -0.1) is 0 Å². The number of aromatic hydroxyl groups is 1. The van der Waals surface area contributed by atoms with Crippen LogP contribution in [0, 0.1) is 0 Å². The van der Waals surface area contributed by atoms with E-state index in [1.807, 2.05) is 0 Å². The number of phenolic OH excluding ortho intramolecular Hbond substituents is 1. The molecule has 5 atom stereocenters. The first kappa shape index (κ1) is 18.2. The zero-order chi connectivity index (χ0) is 17.9. The van der Waals surface area contributed by atoms with E-state index in [1.54, 1.807) is 6.07 Å². The van der Waals surface area contributed by atoms with Crippen LogP contribution in [0.1, 0.15) is 12.5 Å². The molecule has 0 aromatic heterocycles. The number of hydrogen-bond donors (Lipinski definition) is 4. The van der Waals surface area contributed by atoms with Crippen LogP contribution in [0.15, 0.2) is 24.3 Å². The molecule has 0 spiro atoms. The number of ether oxygens (including phenoxy) is 3. The summed E-state index contributed by atoms with van der Waals surface area (Å²) < 4.78 is 14.9. The second kappa shape index (κ2) is 7.63. The normalized spacial score (nSPS) is 30.3. The van der Waals surface area contributed by atoms with Gasteiger partial charge in [0.15, 0.2) is 23.9 Å². The highest BCUT2D eigenvalue weighted by Gasteiger charge is 2.44. The molecule has 132 valence electrons. The topological polar surface area (TPSA) is 126 Å². The lowest BCUT2D eigenvalue weighted by atomic mass is 10.00. The summed E-state index contributed by atoms with van der Waals surface area (Å²) >= 11 is 0. The van der Waals surface area contributed by atoms with E-state index < -0.39 is 36.7 Å². The van der Waals surface area contributed by atoms with Crippen molar-refractivity contribution in [3.8, 4) is 11.5 Å². The molecule has 0 bridgehead atoms. The Hall–Kier alpha value is -2.13. The molecule has 0 radical (unpaired) electrons. The number of carbonyl (C=O) groups is 1. The number of aliphatic hydroxyl groups excluding tert-OH is 3. The van der Waals surface area contributed by atoms with Crippen molar-refractivity contribution in [2.45, 2.75) is 37.6 Å². The zero-order valence-corrected chi connectivity index (χ0v) is 13.2. The van der Waals surface area contributed by atoms with Crippen LogP contribution in [-0.4, -0.2) is 64.2 Å². The molecule has 0 saturated carbocycles. The molecule has 1 saturated heterocycles. The number of methoxy groups -OCH3 is 1. The lowest BCUT2D eigenvalue weighted by Crippen LogP contribution is -2.57. The van der Waals surface area contributed by atoms with Crippen molar-refractivity contribution >= 4 is 12.0 Å². The summed E-state index contributed by atoms with van der Waals surface area (Å²) in [5, 5.41) is 38.8. The minimum Gasteiger partial charge on any atom is -0.504 e. The molecule has 1 heterocycles. The van der Waals surface area contributed by atoms with E-state index in [2.05, 4.69) is 0 Å². The van der Waals surface area contributed by atoms with Crippen LogP contribution < -0.4 is 4.74 Å². The Kier molecular flexibility index (Phi) is 5.79. The number of rotatable bonds is 4. The van der Waals surface area contributed by atoms with Gasteiger partial charge >= 0.3 is 5.97 Å². The van der Waals surface area contributed by atoms with Crippen molar-refractivity contribution in [2.24, 2.45) is 0 Å². The average Bonchev–Trinajstić information content (AvgIpc) is 2.56. The van der Waals surface area contributed by atoms with Gasteiger partial charge < -0.3 is 34.6 Å². The van der Waals surface area contributed by atoms with Crippen molar-refractivity contribution < 1.29 is 39.4 Å². The summed E-state index contributed by atoms with van der Waals surface area (Å²) in [6, 6.07) is 4.47. The summed E-state index contributed by atoms with van der Waals surface area (Å²) in [5.74, 6) is -0.629. The highest BCUT2D eigenvalue weighted by molar-refractivity contribution is 5.87. The van der Waals surface area contributed by atoms with Crippen molar-refractivity contribution in [3.63, 3.8) is 0 Å². The van der Waals surface area contributed by atoms with Gasteiger partial charge in [-0.05, 0) is 30.7 Å². The monoisotopic (exact) mass is 340 g/mol. The summed E-state index contributed by atoms with van der Waals surface area (Å²) in [6.07, 6.45) is -3.98. The fourth-order valence-electron chi connectivity index (χ4n) is 2.28. The van der Waals surface area contributed by atoms with Crippen molar-refractivity contribution in [2.75, 3.05) is 7.11 Å². The fraction of sp³-hybridized carbons (Fsp3) is 0.438. The fourth-order valence-corrected chi connectivity index (χ4v) is 2.28. The molecule has 24 heavy (non-hydrogen) atoms. The zero-order valence-electron chi connectivity index (χ0n) is 13.2. The predicted molar refractivity (Wildman–Crippen MR) is 82.1 cm³/mol. The van der Waals surface area contributed by atoms with E-state index in [0.717, 1.165) is 6.08 Å². The lowest BCUT2D eigenvalue weighted by Gasteiger charge is -2.38. The molecule has 2 rings (SSSR count). The molecular weight excluding hydrogens is 320 g/mol. The van der Waals surface area contributed by atoms with E-state index in [-0.39, 0.29) is 11.5 Å². The van der Waals surface area contributed by atoms with Gasteiger partial charge in [-0.25, -0.2) is 4.79 Å². The lowest BCUT2D eigenvalue weighted by molar-refractivity contribution is -0.281. The Balaban J connectivity index is 2.02. The average molecular weight is 340 g/mol. The molecule has 4 N–H and O–H groups in total. The van der Waals surface area contributed by atoms with Gasteiger partial charge in [0.2, 0.25) is 0 Å². The summed E-state index contributed by atoms with van der Waals surface area (Å²) in [5.41, 5.74) is 0.566. The van der Waals surface area contributed by atoms with Crippen LogP contribution in [0.4, 0.5) is 0 Å². The van der Waals surface area contributed by atoms with E-state index in [0.29, 0.717) is 5.56 Å². The van der Waals surface area contributed by atoms with Gasteiger partial charge in [0.05, 0.1) is 13.2 Å². The Labute approximate surface area is 138 Å². The predicted octanol–water partition coefficient (Wildman–Crippen LogP) is -0.215. The molecular formula is C16H20O8. The molecule has 0 amide bonds. The van der Waals surface area contributed by atoms with Gasteiger partial charge in [-0.2, -0.15) is 0 Å². The molecule has 1 aliphatic heterocycles. The summed E-state index contributed by atoms with van der Waals surface area (Å²) in [4.78, 5) is 11.8. The minimum atomic E-state index is -1.54. The number of esters is 1. The molecule has 0 aliphatic carbocycles. The van der Waals surface area contributed by atoms with Crippen LogP contribution in [0.25, 0.3) is 6.08 Å². The summed E-state index contributed by atoms with van der Waals surface area (Å²) in [7, 11) is 1.40. The van der Waals surface area contributed by atoms with E-state index in [4.69, 9.17) is 14.2 Å². The number of hydrogen-bond acceptors (Lipinski definition) is 8. The largest absolute Gasteiger partial charge is 0.504 e. The second-order valence-corrected chi connectivity index (χ2v) is 5.38. The van der Waals surface area contributed by atoms with E-state index in [1.165, 1.54) is 32.2 Å². The third-order valence-electron chi connectivity index (χ3n) is 3.67. The van der Waals surface area contributed by atoms with Crippen LogP contribution in [-0.2, 0) is 14.3 Å². The van der Waals surface area contributed by atoms with Gasteiger partial charge in [0, 0.05) is 6.08 Å². The first-order valence-corrected chi connectivity index (χ1v) is 7.29. The standard InChI is InChI=1S/C16H20O8/c1-8-13(19)14(20)15(16(21)23-8)24-12(18)6-4-9-3-5-10(17)11(7-9)22-2/h3-8,13-17,19-21H,1-2H3/t8-,13-,14+,15+,16+/m0/s1.